The van der Waals surface area contributed by atoms with Crippen molar-refractivity contribution in [1.82, 2.24) is 10.6 Å². The van der Waals surface area contributed by atoms with Gasteiger partial charge in [-0.25, -0.2) is 0 Å². The highest BCUT2D eigenvalue weighted by Gasteiger charge is 2.26. The van der Waals surface area contributed by atoms with E-state index < -0.39 is 28.7 Å². The van der Waals surface area contributed by atoms with Crippen molar-refractivity contribution in [3.8, 4) is 5.75 Å². The van der Waals surface area contributed by atoms with E-state index >= 15 is 0 Å². The Morgan fingerprint density at radius 2 is 1.79 bits per heavy atom. The molecule has 0 aliphatic heterocycles. The van der Waals surface area contributed by atoms with Crippen LogP contribution in [0.3, 0.4) is 0 Å². The maximum atomic E-state index is 12.6. The summed E-state index contributed by atoms with van der Waals surface area (Å²) in [6, 6.07) is 9.25. The molecule has 0 spiro atoms. The van der Waals surface area contributed by atoms with E-state index in [4.69, 9.17) is 16.3 Å². The molecule has 3 N–H and O–H groups in total. The van der Waals surface area contributed by atoms with Crippen LogP contribution in [0, 0.1) is 16.0 Å². The van der Waals surface area contributed by atoms with Gasteiger partial charge in [0.2, 0.25) is 11.8 Å². The summed E-state index contributed by atoms with van der Waals surface area (Å²) in [5, 5.41) is 18.4. The fourth-order valence-electron chi connectivity index (χ4n) is 2.84. The molecule has 10 nitrogen and oxygen atoms in total. The van der Waals surface area contributed by atoms with Gasteiger partial charge in [0.05, 0.1) is 28.7 Å². The van der Waals surface area contributed by atoms with Crippen molar-refractivity contribution in [1.29, 1.82) is 0 Å². The molecule has 0 saturated carbocycles. The van der Waals surface area contributed by atoms with E-state index in [1.54, 1.807) is 38.1 Å². The van der Waals surface area contributed by atoms with Gasteiger partial charge in [-0.15, -0.1) is 0 Å². The SMILES string of the molecule is CCOc1ccc(NC(=O)CNC(=O)C(NC(=O)c2ccc([N+](=O)[O-])cc2Cl)C(C)C)cc1. The smallest absolute Gasteiger partial charge is 0.270 e. The van der Waals surface area contributed by atoms with Gasteiger partial charge in [0.1, 0.15) is 11.8 Å². The number of halogens is 1. The fraction of sp³-hybridized carbons (Fsp3) is 0.318. The van der Waals surface area contributed by atoms with Gasteiger partial charge in [-0.1, -0.05) is 25.4 Å². The number of nitrogens with one attached hydrogen (secondary N) is 3. The molecule has 11 heteroatoms. The van der Waals surface area contributed by atoms with E-state index in [1.165, 1.54) is 6.07 Å². The maximum absolute atomic E-state index is 12.6. The molecular formula is C22H25ClN4O6. The van der Waals surface area contributed by atoms with Crippen LogP contribution in [0.15, 0.2) is 42.5 Å². The normalized spacial score (nSPS) is 11.4. The molecular weight excluding hydrogens is 452 g/mol. The number of nitrogens with zero attached hydrogens (tertiary/aromatic N) is 1. The third-order valence-corrected chi connectivity index (χ3v) is 4.83. The number of nitro benzene ring substituents is 1. The van der Waals surface area contributed by atoms with E-state index in [0.29, 0.717) is 18.0 Å². The molecule has 0 aromatic heterocycles. The van der Waals surface area contributed by atoms with E-state index in [1.807, 2.05) is 6.92 Å². The highest BCUT2D eigenvalue weighted by atomic mass is 35.5. The Bertz CT molecular complexity index is 1030. The van der Waals surface area contributed by atoms with Crippen LogP contribution in [0.1, 0.15) is 31.1 Å². The third-order valence-electron chi connectivity index (χ3n) is 4.52. The zero-order valence-corrected chi connectivity index (χ0v) is 19.1. The molecule has 0 heterocycles. The van der Waals surface area contributed by atoms with Gasteiger partial charge in [0, 0.05) is 17.8 Å². The molecule has 33 heavy (non-hydrogen) atoms. The summed E-state index contributed by atoms with van der Waals surface area (Å²) in [4.78, 5) is 47.6. The quantitative estimate of drug-likeness (QED) is 0.355. The van der Waals surface area contributed by atoms with Crippen LogP contribution in [0.5, 0.6) is 5.75 Å². The lowest BCUT2D eigenvalue weighted by Gasteiger charge is -2.22. The van der Waals surface area contributed by atoms with Crippen molar-refractivity contribution in [2.24, 2.45) is 5.92 Å². The summed E-state index contributed by atoms with van der Waals surface area (Å²) >= 11 is 5.99. The predicted octanol–water partition coefficient (Wildman–Crippen LogP) is 3.16. The number of ether oxygens (including phenoxy) is 1. The number of non-ortho nitro benzene ring substituents is 1. The van der Waals surface area contributed by atoms with E-state index in [2.05, 4.69) is 16.0 Å². The van der Waals surface area contributed by atoms with Crippen molar-refractivity contribution < 1.29 is 24.0 Å². The molecule has 3 amide bonds. The predicted molar refractivity (Wildman–Crippen MR) is 123 cm³/mol. The second-order valence-corrected chi connectivity index (χ2v) is 7.75. The molecule has 176 valence electrons. The Kier molecular flexibility index (Phi) is 9.17. The standard InChI is InChI=1S/C22H25ClN4O6/c1-4-33-16-8-5-14(6-9-16)25-19(28)12-24-22(30)20(13(2)3)26-21(29)17-10-7-15(27(31)32)11-18(17)23/h5-11,13,20H,4,12H2,1-3H3,(H,24,30)(H,25,28)(H,26,29). The number of carbonyl (C=O) groups is 3. The molecule has 0 bridgehead atoms. The van der Waals surface area contributed by atoms with Crippen LogP contribution in [0.2, 0.25) is 5.02 Å². The minimum absolute atomic E-state index is 0.00559. The summed E-state index contributed by atoms with van der Waals surface area (Å²) in [7, 11) is 0. The second kappa shape index (κ2) is 11.8. The fourth-order valence-corrected chi connectivity index (χ4v) is 3.10. The summed E-state index contributed by atoms with van der Waals surface area (Å²) < 4.78 is 5.34. The van der Waals surface area contributed by atoms with Gasteiger partial charge in [-0.3, -0.25) is 24.5 Å². The summed E-state index contributed by atoms with van der Waals surface area (Å²) in [6.45, 7) is 5.54. The van der Waals surface area contributed by atoms with Gasteiger partial charge >= 0.3 is 0 Å². The lowest BCUT2D eigenvalue weighted by molar-refractivity contribution is -0.384. The number of carbonyl (C=O) groups excluding carboxylic acids is 3. The first-order valence-electron chi connectivity index (χ1n) is 10.2. The van der Waals surface area contributed by atoms with Gasteiger partial charge in [0.15, 0.2) is 0 Å². The van der Waals surface area contributed by atoms with Gasteiger partial charge in [-0.2, -0.15) is 0 Å². The molecule has 0 saturated heterocycles. The number of nitro groups is 1. The minimum atomic E-state index is -0.956. The lowest BCUT2D eigenvalue weighted by Crippen LogP contribution is -2.51. The minimum Gasteiger partial charge on any atom is -0.494 e. The van der Waals surface area contributed by atoms with Crippen molar-refractivity contribution in [3.05, 3.63) is 63.2 Å². The zero-order chi connectivity index (χ0) is 24.5. The highest BCUT2D eigenvalue weighted by molar-refractivity contribution is 6.34. The lowest BCUT2D eigenvalue weighted by atomic mass is 10.0. The Hall–Kier alpha value is -3.66. The Balaban J connectivity index is 1.95. The maximum Gasteiger partial charge on any atom is 0.270 e. The zero-order valence-electron chi connectivity index (χ0n) is 18.4. The third kappa shape index (κ3) is 7.46. The number of rotatable bonds is 10. The van der Waals surface area contributed by atoms with E-state index in [9.17, 15) is 24.5 Å². The van der Waals surface area contributed by atoms with Crippen LogP contribution in [0.4, 0.5) is 11.4 Å². The Labute approximate surface area is 195 Å². The van der Waals surface area contributed by atoms with Gasteiger partial charge in [0.25, 0.3) is 11.6 Å². The van der Waals surface area contributed by atoms with Crippen molar-refractivity contribution in [2.75, 3.05) is 18.5 Å². The van der Waals surface area contributed by atoms with E-state index in [0.717, 1.165) is 12.1 Å². The largest absolute Gasteiger partial charge is 0.494 e. The average molecular weight is 477 g/mol. The topological polar surface area (TPSA) is 140 Å². The van der Waals surface area contributed by atoms with Gasteiger partial charge in [-0.05, 0) is 43.2 Å². The Morgan fingerprint density at radius 1 is 1.12 bits per heavy atom. The second-order valence-electron chi connectivity index (χ2n) is 7.34. The number of anilines is 1. The summed E-state index contributed by atoms with van der Waals surface area (Å²) in [5.41, 5.74) is 0.279. The number of benzene rings is 2. The first-order valence-corrected chi connectivity index (χ1v) is 10.5. The van der Waals surface area contributed by atoms with Crippen molar-refractivity contribution in [3.63, 3.8) is 0 Å². The van der Waals surface area contributed by atoms with Crippen LogP contribution in [-0.4, -0.2) is 41.8 Å². The molecule has 0 fully saturated rings. The highest BCUT2D eigenvalue weighted by Crippen LogP contribution is 2.22. The summed E-state index contributed by atoms with van der Waals surface area (Å²) in [6.07, 6.45) is 0. The molecule has 2 rings (SSSR count). The molecule has 2 aromatic carbocycles. The van der Waals surface area contributed by atoms with E-state index in [-0.39, 0.29) is 28.7 Å². The first kappa shape index (κ1) is 25.6. The number of amides is 3. The summed E-state index contributed by atoms with van der Waals surface area (Å²) in [5.74, 6) is -1.30. The van der Waals surface area contributed by atoms with Crippen molar-refractivity contribution >= 4 is 40.7 Å². The van der Waals surface area contributed by atoms with Crippen molar-refractivity contribution in [2.45, 2.75) is 26.8 Å². The van der Waals surface area contributed by atoms with Crippen LogP contribution < -0.4 is 20.7 Å². The Morgan fingerprint density at radius 3 is 2.33 bits per heavy atom. The number of hydrogen-bond acceptors (Lipinski definition) is 6. The molecule has 2 aromatic rings. The van der Waals surface area contributed by atoms with Crippen LogP contribution in [0.25, 0.3) is 0 Å². The molecule has 1 unspecified atom stereocenters. The average Bonchev–Trinajstić information content (AvgIpc) is 2.76. The molecule has 1 atom stereocenters. The number of hydrogen-bond donors (Lipinski definition) is 3. The molecule has 0 radical (unpaired) electrons. The van der Waals surface area contributed by atoms with Gasteiger partial charge < -0.3 is 20.7 Å². The van der Waals surface area contributed by atoms with Crippen LogP contribution in [-0.2, 0) is 9.59 Å². The van der Waals surface area contributed by atoms with Crippen LogP contribution >= 0.6 is 11.6 Å². The first-order chi connectivity index (χ1) is 15.6. The molecule has 0 aliphatic carbocycles. The monoisotopic (exact) mass is 476 g/mol. The molecule has 0 aliphatic rings.